The van der Waals surface area contributed by atoms with Gasteiger partial charge >= 0.3 is 0 Å². The molecule has 0 saturated carbocycles. The van der Waals surface area contributed by atoms with Crippen LogP contribution in [-0.2, 0) is 0 Å². The van der Waals surface area contributed by atoms with Gasteiger partial charge in [0.05, 0.1) is 11.6 Å². The average Bonchev–Trinajstić information content (AvgIpc) is 3.16. The van der Waals surface area contributed by atoms with E-state index in [4.69, 9.17) is 5.26 Å². The number of hydrogen-bond acceptors (Lipinski definition) is 5. The molecule has 1 N–H and O–H groups in total. The highest BCUT2D eigenvalue weighted by Crippen LogP contribution is 2.20. The van der Waals surface area contributed by atoms with Gasteiger partial charge in [-0.3, -0.25) is 9.69 Å². The first-order valence-corrected chi connectivity index (χ1v) is 8.78. The fourth-order valence-electron chi connectivity index (χ4n) is 2.85. The first-order valence-electron chi connectivity index (χ1n) is 7.90. The SMILES string of the molecule is N#Cc1cccc(C(=O)N2CCN(C[C@@H](O)c3cccs3)CC2)c1. The molecular formula is C18H19N3O2S. The number of rotatable bonds is 4. The van der Waals surface area contributed by atoms with E-state index in [0.29, 0.717) is 30.8 Å². The van der Waals surface area contributed by atoms with Crippen molar-refractivity contribution in [3.05, 3.63) is 57.8 Å². The van der Waals surface area contributed by atoms with Gasteiger partial charge in [-0.05, 0) is 29.6 Å². The fourth-order valence-corrected chi connectivity index (χ4v) is 3.56. The van der Waals surface area contributed by atoms with Crippen molar-refractivity contribution in [3.8, 4) is 6.07 Å². The van der Waals surface area contributed by atoms with E-state index in [1.165, 1.54) is 0 Å². The monoisotopic (exact) mass is 341 g/mol. The lowest BCUT2D eigenvalue weighted by Crippen LogP contribution is -2.49. The maximum Gasteiger partial charge on any atom is 0.253 e. The number of thiophene rings is 1. The fraction of sp³-hybridized carbons (Fsp3) is 0.333. The van der Waals surface area contributed by atoms with Gasteiger partial charge in [-0.25, -0.2) is 0 Å². The summed E-state index contributed by atoms with van der Waals surface area (Å²) in [5.41, 5.74) is 1.06. The smallest absolute Gasteiger partial charge is 0.253 e. The summed E-state index contributed by atoms with van der Waals surface area (Å²) in [5, 5.41) is 21.1. The summed E-state index contributed by atoms with van der Waals surface area (Å²) >= 11 is 1.56. The van der Waals surface area contributed by atoms with Crippen molar-refractivity contribution in [1.29, 1.82) is 5.26 Å². The molecular weight excluding hydrogens is 322 g/mol. The van der Waals surface area contributed by atoms with Crippen LogP contribution in [0.25, 0.3) is 0 Å². The lowest BCUT2D eigenvalue weighted by Gasteiger charge is -2.35. The van der Waals surface area contributed by atoms with Crippen LogP contribution in [0.1, 0.15) is 26.9 Å². The number of hydrogen-bond donors (Lipinski definition) is 1. The third-order valence-corrected chi connectivity index (χ3v) is 5.17. The number of amides is 1. The predicted molar refractivity (Wildman–Crippen MR) is 92.8 cm³/mol. The molecule has 5 nitrogen and oxygen atoms in total. The second-order valence-electron chi connectivity index (χ2n) is 5.82. The number of nitriles is 1. The molecule has 0 bridgehead atoms. The zero-order chi connectivity index (χ0) is 16.9. The Morgan fingerprint density at radius 1 is 1.25 bits per heavy atom. The van der Waals surface area contributed by atoms with Crippen LogP contribution in [0.4, 0.5) is 0 Å². The number of piperazine rings is 1. The van der Waals surface area contributed by atoms with Crippen molar-refractivity contribution in [1.82, 2.24) is 9.80 Å². The Bertz CT molecular complexity index is 731. The highest BCUT2D eigenvalue weighted by atomic mass is 32.1. The molecule has 124 valence electrons. The highest BCUT2D eigenvalue weighted by molar-refractivity contribution is 7.10. The third-order valence-electron chi connectivity index (χ3n) is 4.20. The number of carbonyl (C=O) groups is 1. The molecule has 1 aliphatic rings. The van der Waals surface area contributed by atoms with E-state index in [-0.39, 0.29) is 5.91 Å². The number of β-amino-alcohol motifs (C(OH)–C–C–N with tert-alkyl or cyclic N) is 1. The number of carbonyl (C=O) groups excluding carboxylic acids is 1. The van der Waals surface area contributed by atoms with Gasteiger partial charge in [0.1, 0.15) is 6.10 Å². The van der Waals surface area contributed by atoms with Crippen LogP contribution in [0, 0.1) is 11.3 Å². The Labute approximate surface area is 145 Å². The van der Waals surface area contributed by atoms with E-state index < -0.39 is 6.10 Å². The van der Waals surface area contributed by atoms with E-state index in [2.05, 4.69) is 11.0 Å². The normalized spacial score (nSPS) is 16.6. The summed E-state index contributed by atoms with van der Waals surface area (Å²) in [4.78, 5) is 17.5. The van der Waals surface area contributed by atoms with E-state index in [1.807, 2.05) is 22.4 Å². The number of aliphatic hydroxyl groups is 1. The van der Waals surface area contributed by atoms with Gasteiger partial charge in [-0.15, -0.1) is 11.3 Å². The molecule has 1 atom stereocenters. The minimum atomic E-state index is -0.473. The van der Waals surface area contributed by atoms with Gasteiger partial charge in [-0.2, -0.15) is 5.26 Å². The van der Waals surface area contributed by atoms with Gasteiger partial charge in [0.25, 0.3) is 5.91 Å². The lowest BCUT2D eigenvalue weighted by molar-refractivity contribution is 0.0533. The first-order chi connectivity index (χ1) is 11.7. The van der Waals surface area contributed by atoms with E-state index >= 15 is 0 Å². The van der Waals surface area contributed by atoms with Crippen LogP contribution in [-0.4, -0.2) is 53.5 Å². The molecule has 2 aromatic rings. The van der Waals surface area contributed by atoms with Crippen molar-refractivity contribution >= 4 is 17.2 Å². The highest BCUT2D eigenvalue weighted by Gasteiger charge is 2.24. The number of nitrogens with zero attached hydrogens (tertiary/aromatic N) is 3. The van der Waals surface area contributed by atoms with Crippen molar-refractivity contribution in [2.24, 2.45) is 0 Å². The zero-order valence-electron chi connectivity index (χ0n) is 13.3. The van der Waals surface area contributed by atoms with Crippen molar-refractivity contribution < 1.29 is 9.90 Å². The predicted octanol–water partition coefficient (Wildman–Crippen LogP) is 2.11. The van der Waals surface area contributed by atoms with E-state index in [9.17, 15) is 9.90 Å². The Morgan fingerprint density at radius 3 is 2.71 bits per heavy atom. The zero-order valence-corrected chi connectivity index (χ0v) is 14.1. The van der Waals surface area contributed by atoms with Crippen LogP contribution in [0.15, 0.2) is 41.8 Å². The quantitative estimate of drug-likeness (QED) is 0.925. The molecule has 1 aromatic carbocycles. The maximum atomic E-state index is 12.5. The largest absolute Gasteiger partial charge is 0.386 e. The van der Waals surface area contributed by atoms with Gasteiger partial charge in [0, 0.05) is 43.2 Å². The van der Waals surface area contributed by atoms with Crippen LogP contribution in [0.2, 0.25) is 0 Å². The molecule has 1 aliphatic heterocycles. The van der Waals surface area contributed by atoms with Gasteiger partial charge in [0.15, 0.2) is 0 Å². The van der Waals surface area contributed by atoms with E-state index in [1.54, 1.807) is 35.6 Å². The average molecular weight is 341 g/mol. The van der Waals surface area contributed by atoms with Crippen molar-refractivity contribution in [2.75, 3.05) is 32.7 Å². The van der Waals surface area contributed by atoms with Gasteiger partial charge in [0.2, 0.25) is 0 Å². The summed E-state index contributed by atoms with van der Waals surface area (Å²) < 4.78 is 0. The molecule has 0 radical (unpaired) electrons. The second-order valence-corrected chi connectivity index (χ2v) is 6.80. The topological polar surface area (TPSA) is 67.6 Å². The summed E-state index contributed by atoms with van der Waals surface area (Å²) in [5.74, 6) is -0.0365. The lowest BCUT2D eigenvalue weighted by atomic mass is 10.1. The molecule has 1 amide bonds. The minimum Gasteiger partial charge on any atom is -0.386 e. The van der Waals surface area contributed by atoms with Gasteiger partial charge < -0.3 is 10.0 Å². The molecule has 1 saturated heterocycles. The second kappa shape index (κ2) is 7.58. The van der Waals surface area contributed by atoms with Crippen molar-refractivity contribution in [3.63, 3.8) is 0 Å². The number of aliphatic hydroxyl groups excluding tert-OH is 1. The Hall–Kier alpha value is -2.20. The summed E-state index contributed by atoms with van der Waals surface area (Å²) in [6, 6.07) is 12.8. The Balaban J connectivity index is 1.55. The Morgan fingerprint density at radius 2 is 2.04 bits per heavy atom. The van der Waals surface area contributed by atoms with Crippen molar-refractivity contribution in [2.45, 2.75) is 6.10 Å². The first kappa shape index (κ1) is 16.7. The molecule has 1 aromatic heterocycles. The third kappa shape index (κ3) is 3.82. The number of benzene rings is 1. The molecule has 6 heteroatoms. The summed E-state index contributed by atoms with van der Waals surface area (Å²) in [6.07, 6.45) is -0.473. The molecule has 2 heterocycles. The van der Waals surface area contributed by atoms with Gasteiger partial charge in [-0.1, -0.05) is 12.1 Å². The summed E-state index contributed by atoms with van der Waals surface area (Å²) in [6.45, 7) is 3.34. The molecule has 0 spiro atoms. The van der Waals surface area contributed by atoms with Crippen LogP contribution >= 0.6 is 11.3 Å². The molecule has 0 unspecified atom stereocenters. The molecule has 0 aliphatic carbocycles. The summed E-state index contributed by atoms with van der Waals surface area (Å²) in [7, 11) is 0. The standard InChI is InChI=1S/C18H19N3O2S/c19-12-14-3-1-4-15(11-14)18(23)21-8-6-20(7-9-21)13-16(22)17-5-2-10-24-17/h1-5,10-11,16,22H,6-9,13H2/t16-/m1/s1. The van der Waals surface area contributed by atoms with E-state index in [0.717, 1.165) is 18.0 Å². The molecule has 3 rings (SSSR count). The van der Waals surface area contributed by atoms with Crippen LogP contribution in [0.5, 0.6) is 0 Å². The van der Waals surface area contributed by atoms with Crippen LogP contribution in [0.3, 0.4) is 0 Å². The van der Waals surface area contributed by atoms with Crippen LogP contribution < -0.4 is 0 Å². The molecule has 1 fully saturated rings. The maximum absolute atomic E-state index is 12.5. The Kier molecular flexibility index (Phi) is 5.26. The molecule has 24 heavy (non-hydrogen) atoms. The minimum absolute atomic E-state index is 0.0365.